The van der Waals surface area contributed by atoms with E-state index < -0.39 is 0 Å². The average Bonchev–Trinajstić information content (AvgIpc) is 2.37. The molecule has 0 spiro atoms. The number of fused-ring (bicyclic) bond motifs is 1. The third kappa shape index (κ3) is 2.08. The molecule has 0 aliphatic carbocycles. The largest absolute Gasteiger partial charge is 0.347 e. The molecule has 0 aliphatic heterocycles. The SMILES string of the molecule is C=CCNC(=O)c1n[nH]c(=O)c2ccccc12. The molecule has 17 heavy (non-hydrogen) atoms. The standard InChI is InChI=1S/C12H11N3O2/c1-2-7-13-12(17)10-8-5-3-4-6-9(8)11(16)15-14-10/h2-6H,1,7H2,(H,13,17)(H,15,16). The fourth-order valence-electron chi connectivity index (χ4n) is 1.54. The first-order valence-electron chi connectivity index (χ1n) is 5.10. The van der Waals surface area contributed by atoms with Crippen LogP contribution in [0.5, 0.6) is 0 Å². The zero-order valence-electron chi connectivity index (χ0n) is 9.06. The van der Waals surface area contributed by atoms with Crippen LogP contribution in [0.3, 0.4) is 0 Å². The number of aromatic nitrogens is 2. The van der Waals surface area contributed by atoms with E-state index in [2.05, 4.69) is 22.1 Å². The molecule has 0 radical (unpaired) electrons. The van der Waals surface area contributed by atoms with Crippen LogP contribution in [0.15, 0.2) is 41.7 Å². The number of amides is 1. The summed E-state index contributed by atoms with van der Waals surface area (Å²) in [6.07, 6.45) is 1.58. The Labute approximate surface area is 97.2 Å². The van der Waals surface area contributed by atoms with Crippen LogP contribution in [-0.4, -0.2) is 22.6 Å². The molecule has 2 N–H and O–H groups in total. The predicted molar refractivity (Wildman–Crippen MR) is 64.9 cm³/mol. The molecule has 1 aromatic heterocycles. The predicted octanol–water partition coefficient (Wildman–Crippen LogP) is 0.839. The molecular formula is C12H11N3O2. The van der Waals surface area contributed by atoms with Crippen molar-refractivity contribution in [2.24, 2.45) is 0 Å². The summed E-state index contributed by atoms with van der Waals surface area (Å²) in [6.45, 7) is 3.86. The van der Waals surface area contributed by atoms with Crippen LogP contribution >= 0.6 is 0 Å². The Morgan fingerprint density at radius 1 is 1.41 bits per heavy atom. The summed E-state index contributed by atoms with van der Waals surface area (Å²) in [4.78, 5) is 23.3. The van der Waals surface area contributed by atoms with E-state index in [1.807, 2.05) is 0 Å². The Hall–Kier alpha value is -2.43. The van der Waals surface area contributed by atoms with Gasteiger partial charge in [0, 0.05) is 11.9 Å². The van der Waals surface area contributed by atoms with Crippen molar-refractivity contribution in [2.75, 3.05) is 6.54 Å². The second kappa shape index (κ2) is 4.61. The van der Waals surface area contributed by atoms with Gasteiger partial charge in [-0.05, 0) is 6.07 Å². The zero-order chi connectivity index (χ0) is 12.3. The van der Waals surface area contributed by atoms with Gasteiger partial charge in [-0.1, -0.05) is 24.3 Å². The third-order valence-corrected chi connectivity index (χ3v) is 2.32. The van der Waals surface area contributed by atoms with Gasteiger partial charge in [0.05, 0.1) is 5.39 Å². The third-order valence-electron chi connectivity index (χ3n) is 2.32. The smallest absolute Gasteiger partial charge is 0.272 e. The molecule has 0 saturated heterocycles. The van der Waals surface area contributed by atoms with Crippen LogP contribution in [0.2, 0.25) is 0 Å². The van der Waals surface area contributed by atoms with E-state index in [4.69, 9.17) is 0 Å². The van der Waals surface area contributed by atoms with Crippen LogP contribution in [0.25, 0.3) is 10.8 Å². The molecule has 0 saturated carbocycles. The normalized spacial score (nSPS) is 10.1. The average molecular weight is 229 g/mol. The molecule has 1 heterocycles. The molecule has 0 unspecified atom stereocenters. The summed E-state index contributed by atoms with van der Waals surface area (Å²) in [6, 6.07) is 6.84. The van der Waals surface area contributed by atoms with Crippen molar-refractivity contribution in [3.8, 4) is 0 Å². The van der Waals surface area contributed by atoms with E-state index in [1.165, 1.54) is 0 Å². The number of rotatable bonds is 3. The lowest BCUT2D eigenvalue weighted by molar-refractivity contribution is 0.0954. The highest BCUT2D eigenvalue weighted by atomic mass is 16.2. The fraction of sp³-hybridized carbons (Fsp3) is 0.0833. The molecule has 86 valence electrons. The van der Waals surface area contributed by atoms with Gasteiger partial charge in [0.2, 0.25) is 0 Å². The Balaban J connectivity index is 2.55. The summed E-state index contributed by atoms with van der Waals surface area (Å²) in [5.74, 6) is -0.336. The summed E-state index contributed by atoms with van der Waals surface area (Å²) in [5, 5.41) is 9.69. The molecule has 1 aromatic carbocycles. The molecule has 0 bridgehead atoms. The van der Waals surface area contributed by atoms with Crippen LogP contribution in [0.4, 0.5) is 0 Å². The quantitative estimate of drug-likeness (QED) is 0.766. The van der Waals surface area contributed by atoms with E-state index in [0.29, 0.717) is 17.3 Å². The molecule has 2 aromatic rings. The van der Waals surface area contributed by atoms with Crippen LogP contribution in [-0.2, 0) is 0 Å². The maximum Gasteiger partial charge on any atom is 0.272 e. The number of nitrogens with zero attached hydrogens (tertiary/aromatic N) is 1. The number of nitrogens with one attached hydrogen (secondary N) is 2. The second-order valence-corrected chi connectivity index (χ2v) is 3.45. The lowest BCUT2D eigenvalue weighted by Crippen LogP contribution is -2.26. The number of carbonyl (C=O) groups is 1. The van der Waals surface area contributed by atoms with Crippen molar-refractivity contribution in [3.63, 3.8) is 0 Å². The van der Waals surface area contributed by atoms with Gasteiger partial charge in [0.25, 0.3) is 11.5 Å². The Morgan fingerprint density at radius 2 is 2.12 bits per heavy atom. The van der Waals surface area contributed by atoms with Gasteiger partial charge < -0.3 is 5.32 Å². The molecule has 0 atom stereocenters. The number of benzene rings is 1. The maximum absolute atomic E-state index is 11.8. The van der Waals surface area contributed by atoms with Gasteiger partial charge in [0.1, 0.15) is 0 Å². The van der Waals surface area contributed by atoms with Gasteiger partial charge >= 0.3 is 0 Å². The molecular weight excluding hydrogens is 218 g/mol. The maximum atomic E-state index is 11.8. The minimum Gasteiger partial charge on any atom is -0.347 e. The summed E-state index contributed by atoms with van der Waals surface area (Å²) < 4.78 is 0. The van der Waals surface area contributed by atoms with E-state index in [-0.39, 0.29) is 17.2 Å². The summed E-state index contributed by atoms with van der Waals surface area (Å²) in [7, 11) is 0. The van der Waals surface area contributed by atoms with Crippen molar-refractivity contribution in [2.45, 2.75) is 0 Å². The summed E-state index contributed by atoms with van der Waals surface area (Å²) >= 11 is 0. The Morgan fingerprint density at radius 3 is 2.82 bits per heavy atom. The zero-order valence-corrected chi connectivity index (χ0v) is 9.06. The van der Waals surface area contributed by atoms with E-state index in [9.17, 15) is 9.59 Å². The first-order valence-corrected chi connectivity index (χ1v) is 5.10. The van der Waals surface area contributed by atoms with E-state index in [0.717, 1.165) is 0 Å². The summed E-state index contributed by atoms with van der Waals surface area (Å²) in [5.41, 5.74) is -0.0945. The lowest BCUT2D eigenvalue weighted by Gasteiger charge is -2.04. The lowest BCUT2D eigenvalue weighted by atomic mass is 10.1. The highest BCUT2D eigenvalue weighted by Gasteiger charge is 2.12. The van der Waals surface area contributed by atoms with Gasteiger partial charge in [-0.2, -0.15) is 5.10 Å². The number of hydrogen-bond acceptors (Lipinski definition) is 3. The fourth-order valence-corrected chi connectivity index (χ4v) is 1.54. The number of H-pyrrole nitrogens is 1. The molecule has 5 nitrogen and oxygen atoms in total. The van der Waals surface area contributed by atoms with Crippen LogP contribution < -0.4 is 10.9 Å². The van der Waals surface area contributed by atoms with Crippen LogP contribution in [0.1, 0.15) is 10.5 Å². The van der Waals surface area contributed by atoms with Crippen molar-refractivity contribution in [1.82, 2.24) is 15.5 Å². The van der Waals surface area contributed by atoms with E-state index >= 15 is 0 Å². The molecule has 2 rings (SSSR count). The number of aromatic amines is 1. The minimum absolute atomic E-state index is 0.210. The number of hydrogen-bond donors (Lipinski definition) is 2. The molecule has 1 amide bonds. The Kier molecular flexibility index (Phi) is 3.00. The van der Waals surface area contributed by atoms with Crippen molar-refractivity contribution in [3.05, 3.63) is 53.0 Å². The number of carbonyl (C=O) groups excluding carboxylic acids is 1. The van der Waals surface area contributed by atoms with Crippen LogP contribution in [0, 0.1) is 0 Å². The first-order chi connectivity index (χ1) is 8.24. The first kappa shape index (κ1) is 11.1. The van der Waals surface area contributed by atoms with Gasteiger partial charge in [-0.3, -0.25) is 9.59 Å². The van der Waals surface area contributed by atoms with Crippen molar-refractivity contribution < 1.29 is 4.79 Å². The van der Waals surface area contributed by atoms with E-state index in [1.54, 1.807) is 30.3 Å². The molecule has 0 fully saturated rings. The van der Waals surface area contributed by atoms with Gasteiger partial charge in [-0.25, -0.2) is 5.10 Å². The highest BCUT2D eigenvalue weighted by molar-refractivity contribution is 6.04. The molecule has 0 aliphatic rings. The van der Waals surface area contributed by atoms with Crippen molar-refractivity contribution in [1.29, 1.82) is 0 Å². The highest BCUT2D eigenvalue weighted by Crippen LogP contribution is 2.11. The van der Waals surface area contributed by atoms with Gasteiger partial charge in [0.15, 0.2) is 5.69 Å². The second-order valence-electron chi connectivity index (χ2n) is 3.45. The Bertz CT molecular complexity index is 631. The van der Waals surface area contributed by atoms with Crippen molar-refractivity contribution >= 4 is 16.7 Å². The monoisotopic (exact) mass is 229 g/mol. The minimum atomic E-state index is -0.336. The topological polar surface area (TPSA) is 74.8 Å². The molecule has 5 heteroatoms. The van der Waals surface area contributed by atoms with Gasteiger partial charge in [-0.15, -0.1) is 6.58 Å².